The molecule has 1 atom stereocenters. The van der Waals surface area contributed by atoms with E-state index in [0.29, 0.717) is 23.4 Å². The highest BCUT2D eigenvalue weighted by Gasteiger charge is 2.14. The van der Waals surface area contributed by atoms with Gasteiger partial charge >= 0.3 is 0 Å². The van der Waals surface area contributed by atoms with Gasteiger partial charge in [-0.1, -0.05) is 42.5 Å². The molecule has 2 aromatic carbocycles. The van der Waals surface area contributed by atoms with Gasteiger partial charge in [-0.05, 0) is 49.4 Å². The van der Waals surface area contributed by atoms with Crippen molar-refractivity contribution >= 4 is 11.2 Å². The van der Waals surface area contributed by atoms with E-state index in [4.69, 9.17) is 0 Å². The molecule has 4 aromatic rings. The van der Waals surface area contributed by atoms with E-state index in [0.717, 1.165) is 24.8 Å². The summed E-state index contributed by atoms with van der Waals surface area (Å²) in [5.41, 5.74) is 3.07. The molecule has 0 aliphatic rings. The number of aromatic amines is 1. The number of hydrogen-bond donors (Lipinski definition) is 2. The Kier molecular flexibility index (Phi) is 5.42. The molecule has 6 nitrogen and oxygen atoms in total. The van der Waals surface area contributed by atoms with Crippen LogP contribution in [0, 0.1) is 0 Å². The van der Waals surface area contributed by atoms with Crippen LogP contribution < -0.4 is 5.56 Å². The zero-order valence-corrected chi connectivity index (χ0v) is 16.4. The van der Waals surface area contributed by atoms with E-state index in [1.165, 1.54) is 5.56 Å². The summed E-state index contributed by atoms with van der Waals surface area (Å²) in [7, 11) is 0. The molecule has 4 rings (SSSR count). The number of imidazole rings is 1. The van der Waals surface area contributed by atoms with Crippen molar-refractivity contribution in [2.24, 2.45) is 0 Å². The summed E-state index contributed by atoms with van der Waals surface area (Å²) in [5, 5.41) is 9.44. The minimum Gasteiger partial charge on any atom is -0.508 e. The number of aromatic nitrogens is 4. The predicted octanol–water partition coefficient (Wildman–Crippen LogP) is 4.00. The third-order valence-electron chi connectivity index (χ3n) is 5.19. The Hall–Kier alpha value is -3.41. The lowest BCUT2D eigenvalue weighted by Crippen LogP contribution is -2.14. The van der Waals surface area contributed by atoms with Crippen LogP contribution in [0.25, 0.3) is 11.2 Å². The third-order valence-corrected chi connectivity index (χ3v) is 5.19. The number of phenols is 1. The molecule has 0 amide bonds. The SMILES string of the molecule is CC(CCCc1ccccc1)n1cnc2c(=O)[nH]c(Cc3ccc(O)cc3)nc21. The van der Waals surface area contributed by atoms with Gasteiger partial charge < -0.3 is 14.7 Å². The second kappa shape index (κ2) is 8.31. The number of benzene rings is 2. The fraction of sp³-hybridized carbons (Fsp3) is 0.261. The van der Waals surface area contributed by atoms with E-state index < -0.39 is 0 Å². The second-order valence-corrected chi connectivity index (χ2v) is 7.41. The van der Waals surface area contributed by atoms with E-state index >= 15 is 0 Å². The average Bonchev–Trinajstić information content (AvgIpc) is 3.15. The van der Waals surface area contributed by atoms with Crippen LogP contribution in [-0.2, 0) is 12.8 Å². The summed E-state index contributed by atoms with van der Waals surface area (Å²) in [5.74, 6) is 0.805. The van der Waals surface area contributed by atoms with Crippen molar-refractivity contribution in [1.82, 2.24) is 19.5 Å². The maximum absolute atomic E-state index is 12.5. The second-order valence-electron chi connectivity index (χ2n) is 7.41. The zero-order chi connectivity index (χ0) is 20.2. The number of rotatable bonds is 7. The highest BCUT2D eigenvalue weighted by Crippen LogP contribution is 2.20. The van der Waals surface area contributed by atoms with Gasteiger partial charge in [0, 0.05) is 12.5 Å². The van der Waals surface area contributed by atoms with Crippen molar-refractivity contribution in [1.29, 1.82) is 0 Å². The number of fused-ring (bicyclic) bond motifs is 1. The van der Waals surface area contributed by atoms with Crippen LogP contribution in [0.2, 0.25) is 0 Å². The Morgan fingerprint density at radius 2 is 1.83 bits per heavy atom. The van der Waals surface area contributed by atoms with Crippen molar-refractivity contribution in [2.45, 2.75) is 38.6 Å². The number of hydrogen-bond acceptors (Lipinski definition) is 4. The smallest absolute Gasteiger partial charge is 0.279 e. The van der Waals surface area contributed by atoms with Gasteiger partial charge in [0.05, 0.1) is 6.33 Å². The number of aromatic hydroxyl groups is 1. The molecular weight excluding hydrogens is 364 g/mol. The van der Waals surface area contributed by atoms with Crippen molar-refractivity contribution < 1.29 is 5.11 Å². The molecule has 0 aliphatic heterocycles. The number of nitrogens with one attached hydrogen (secondary N) is 1. The lowest BCUT2D eigenvalue weighted by molar-refractivity contribution is 0.475. The van der Waals surface area contributed by atoms with Crippen LogP contribution in [-0.4, -0.2) is 24.6 Å². The highest BCUT2D eigenvalue weighted by atomic mass is 16.3. The molecule has 0 aliphatic carbocycles. The van der Waals surface area contributed by atoms with Crippen LogP contribution in [0.15, 0.2) is 65.7 Å². The summed E-state index contributed by atoms with van der Waals surface area (Å²) in [4.78, 5) is 24.3. The molecule has 6 heteroatoms. The average molecular weight is 388 g/mol. The molecule has 148 valence electrons. The lowest BCUT2D eigenvalue weighted by Gasteiger charge is -2.14. The number of H-pyrrole nitrogens is 1. The van der Waals surface area contributed by atoms with Gasteiger partial charge in [0.25, 0.3) is 5.56 Å². The van der Waals surface area contributed by atoms with E-state index in [2.05, 4.69) is 46.1 Å². The van der Waals surface area contributed by atoms with Crippen LogP contribution >= 0.6 is 0 Å². The van der Waals surface area contributed by atoms with Gasteiger partial charge in [-0.2, -0.15) is 0 Å². The lowest BCUT2D eigenvalue weighted by atomic mass is 10.1. The first-order chi connectivity index (χ1) is 14.1. The Balaban J connectivity index is 1.52. The van der Waals surface area contributed by atoms with Crippen molar-refractivity contribution in [2.75, 3.05) is 0 Å². The van der Waals surface area contributed by atoms with Crippen LogP contribution in [0.3, 0.4) is 0 Å². The van der Waals surface area contributed by atoms with Gasteiger partial charge in [0.15, 0.2) is 11.2 Å². The van der Waals surface area contributed by atoms with Gasteiger partial charge in [-0.15, -0.1) is 0 Å². The van der Waals surface area contributed by atoms with E-state index in [1.54, 1.807) is 18.5 Å². The largest absolute Gasteiger partial charge is 0.508 e. The minimum atomic E-state index is -0.223. The molecule has 0 saturated carbocycles. The molecule has 0 spiro atoms. The van der Waals surface area contributed by atoms with Crippen molar-refractivity contribution in [3.8, 4) is 5.75 Å². The van der Waals surface area contributed by atoms with Crippen LogP contribution in [0.5, 0.6) is 5.75 Å². The predicted molar refractivity (Wildman–Crippen MR) is 113 cm³/mol. The molecule has 0 saturated heterocycles. The maximum atomic E-state index is 12.5. The summed E-state index contributed by atoms with van der Waals surface area (Å²) < 4.78 is 2.00. The first-order valence-electron chi connectivity index (χ1n) is 9.88. The normalized spacial score (nSPS) is 12.3. The molecule has 1 unspecified atom stereocenters. The first-order valence-corrected chi connectivity index (χ1v) is 9.88. The van der Waals surface area contributed by atoms with Crippen molar-refractivity contribution in [3.05, 3.63) is 88.2 Å². The molecule has 2 aromatic heterocycles. The molecular formula is C23H24N4O2. The quantitative estimate of drug-likeness (QED) is 0.501. The van der Waals surface area contributed by atoms with Gasteiger partial charge in [-0.25, -0.2) is 9.97 Å². The van der Waals surface area contributed by atoms with Gasteiger partial charge in [-0.3, -0.25) is 4.79 Å². The highest BCUT2D eigenvalue weighted by molar-refractivity contribution is 5.69. The van der Waals surface area contributed by atoms with Crippen LogP contribution in [0.1, 0.15) is 42.8 Å². The molecule has 0 bridgehead atoms. The standard InChI is InChI=1S/C23H24N4O2/c1-16(6-5-9-17-7-3-2-4-8-17)27-15-24-21-22(27)25-20(26-23(21)29)14-18-10-12-19(28)13-11-18/h2-4,7-8,10-13,15-16,28H,5-6,9,14H2,1H3,(H,25,26,29). The Bertz CT molecular complexity index is 1150. The summed E-state index contributed by atoms with van der Waals surface area (Å²) in [6.07, 6.45) is 5.25. The zero-order valence-electron chi connectivity index (χ0n) is 16.4. The Morgan fingerprint density at radius 1 is 1.07 bits per heavy atom. The molecule has 2 N–H and O–H groups in total. The van der Waals surface area contributed by atoms with Crippen molar-refractivity contribution in [3.63, 3.8) is 0 Å². The summed E-state index contributed by atoms with van der Waals surface area (Å²) >= 11 is 0. The van der Waals surface area contributed by atoms with Crippen LogP contribution in [0.4, 0.5) is 0 Å². The first kappa shape index (κ1) is 18.9. The molecule has 2 heterocycles. The molecule has 0 radical (unpaired) electrons. The number of phenolic OH excluding ortho intramolecular Hbond substituents is 1. The Labute approximate surface area is 168 Å². The minimum absolute atomic E-state index is 0.194. The maximum Gasteiger partial charge on any atom is 0.279 e. The topological polar surface area (TPSA) is 83.8 Å². The molecule has 0 fully saturated rings. The fourth-order valence-corrected chi connectivity index (χ4v) is 3.57. The van der Waals surface area contributed by atoms with E-state index in [1.807, 2.05) is 22.8 Å². The summed E-state index contributed by atoms with van der Waals surface area (Å²) in [6, 6.07) is 17.5. The van der Waals surface area contributed by atoms with Gasteiger partial charge in [0.1, 0.15) is 11.6 Å². The monoisotopic (exact) mass is 388 g/mol. The van der Waals surface area contributed by atoms with Gasteiger partial charge in [0.2, 0.25) is 0 Å². The third kappa shape index (κ3) is 4.37. The van der Waals surface area contributed by atoms with E-state index in [-0.39, 0.29) is 17.4 Å². The Morgan fingerprint density at radius 3 is 2.59 bits per heavy atom. The van der Waals surface area contributed by atoms with E-state index in [9.17, 15) is 9.90 Å². The number of aryl methyl sites for hydroxylation is 1. The number of nitrogens with zero attached hydrogens (tertiary/aromatic N) is 3. The summed E-state index contributed by atoms with van der Waals surface area (Å²) in [6.45, 7) is 2.13. The molecule has 29 heavy (non-hydrogen) atoms. The fourth-order valence-electron chi connectivity index (χ4n) is 3.57.